The molecule has 0 aliphatic rings. The molecule has 0 aromatic rings. The maximum atomic E-state index is 10.7. The first-order valence-corrected chi connectivity index (χ1v) is 3.43. The van der Waals surface area contributed by atoms with Gasteiger partial charge in [-0.15, -0.1) is 0 Å². The van der Waals surface area contributed by atoms with Crippen molar-refractivity contribution in [1.82, 2.24) is 0 Å². The van der Waals surface area contributed by atoms with Crippen molar-refractivity contribution < 1.29 is 9.90 Å². The van der Waals surface area contributed by atoms with Gasteiger partial charge >= 0.3 is 5.97 Å². The lowest BCUT2D eigenvalue weighted by Crippen LogP contribution is -2.37. The van der Waals surface area contributed by atoms with Gasteiger partial charge in [0.05, 0.1) is 5.41 Å². The molecule has 2 nitrogen and oxygen atoms in total. The van der Waals surface area contributed by atoms with Crippen LogP contribution in [0, 0.1) is 10.8 Å². The fourth-order valence-electron chi connectivity index (χ4n) is 0.321. The normalized spacial score (nSPS) is 13.3. The van der Waals surface area contributed by atoms with Crippen LogP contribution >= 0.6 is 0 Å². The quantitative estimate of drug-likeness (QED) is 0.612. The van der Waals surface area contributed by atoms with E-state index in [4.69, 9.17) is 5.11 Å². The van der Waals surface area contributed by atoms with Crippen LogP contribution in [0.15, 0.2) is 0 Å². The molecule has 0 spiro atoms. The third-order valence-corrected chi connectivity index (χ3v) is 2.41. The van der Waals surface area contributed by atoms with E-state index in [1.807, 2.05) is 20.8 Å². The topological polar surface area (TPSA) is 37.3 Å². The second kappa shape index (κ2) is 2.26. The van der Waals surface area contributed by atoms with Gasteiger partial charge in [-0.25, -0.2) is 0 Å². The molecule has 2 heteroatoms. The molecule has 0 aromatic carbocycles. The van der Waals surface area contributed by atoms with Gasteiger partial charge in [-0.2, -0.15) is 0 Å². The van der Waals surface area contributed by atoms with Gasteiger partial charge < -0.3 is 5.11 Å². The summed E-state index contributed by atoms with van der Waals surface area (Å²) < 4.78 is 0. The van der Waals surface area contributed by atoms with Gasteiger partial charge in [0.2, 0.25) is 0 Å². The molecule has 0 atom stereocenters. The summed E-state index contributed by atoms with van der Waals surface area (Å²) in [6, 6.07) is 0. The number of carboxylic acid groups (broad SMARTS) is 1. The highest BCUT2D eigenvalue weighted by atomic mass is 16.4. The lowest BCUT2D eigenvalue weighted by atomic mass is 9.69. The number of aliphatic carboxylic acids is 1. The monoisotopic (exact) mass is 144 g/mol. The number of rotatable bonds is 1. The van der Waals surface area contributed by atoms with Crippen molar-refractivity contribution in [3.05, 3.63) is 0 Å². The number of hydrogen-bond donors (Lipinski definition) is 1. The minimum atomic E-state index is -0.736. The summed E-state index contributed by atoms with van der Waals surface area (Å²) >= 11 is 0. The van der Waals surface area contributed by atoms with Gasteiger partial charge in [-0.3, -0.25) is 4.79 Å². The Labute approximate surface area is 62.2 Å². The van der Waals surface area contributed by atoms with Crippen LogP contribution in [0.5, 0.6) is 0 Å². The van der Waals surface area contributed by atoms with Crippen molar-refractivity contribution in [1.29, 1.82) is 0 Å². The molecule has 0 fully saturated rings. The van der Waals surface area contributed by atoms with E-state index < -0.39 is 11.4 Å². The Kier molecular flexibility index (Phi) is 2.14. The molecule has 10 heavy (non-hydrogen) atoms. The average Bonchev–Trinajstić information content (AvgIpc) is 1.62. The minimum Gasteiger partial charge on any atom is -0.481 e. The van der Waals surface area contributed by atoms with Gasteiger partial charge in [0.25, 0.3) is 0 Å². The zero-order chi connectivity index (χ0) is 8.58. The maximum Gasteiger partial charge on any atom is 0.309 e. The summed E-state index contributed by atoms with van der Waals surface area (Å²) in [4.78, 5) is 10.7. The molecule has 60 valence electrons. The van der Waals surface area contributed by atoms with Gasteiger partial charge in [0, 0.05) is 0 Å². The number of hydrogen-bond acceptors (Lipinski definition) is 1. The molecule has 0 rings (SSSR count). The van der Waals surface area contributed by atoms with Crippen LogP contribution in [0.2, 0.25) is 0 Å². The van der Waals surface area contributed by atoms with Crippen molar-refractivity contribution in [2.75, 3.05) is 0 Å². The predicted molar refractivity (Wildman–Crippen MR) is 40.9 cm³/mol. The van der Waals surface area contributed by atoms with Crippen molar-refractivity contribution in [3.8, 4) is 0 Å². The lowest BCUT2D eigenvalue weighted by molar-refractivity contribution is -0.153. The molecular weight excluding hydrogens is 128 g/mol. The molecule has 0 saturated heterocycles. The summed E-state index contributed by atoms with van der Waals surface area (Å²) in [6.45, 7) is 9.29. The summed E-state index contributed by atoms with van der Waals surface area (Å²) in [5.74, 6) is -0.736. The van der Waals surface area contributed by atoms with Crippen LogP contribution in [0.3, 0.4) is 0 Å². The van der Waals surface area contributed by atoms with Crippen molar-refractivity contribution in [2.24, 2.45) is 10.8 Å². The standard InChI is InChI=1S/C8H16O2/c1-7(2,3)8(4,5)6(9)10/h1-5H3,(H,9,10). The largest absolute Gasteiger partial charge is 0.481 e. The Morgan fingerprint density at radius 3 is 1.40 bits per heavy atom. The molecular formula is C8H16O2. The van der Waals surface area contributed by atoms with Crippen molar-refractivity contribution in [3.63, 3.8) is 0 Å². The zero-order valence-electron chi connectivity index (χ0n) is 7.36. The van der Waals surface area contributed by atoms with E-state index in [1.54, 1.807) is 13.8 Å². The summed E-state index contributed by atoms with van der Waals surface area (Å²) in [6.07, 6.45) is 0. The van der Waals surface area contributed by atoms with Crippen LogP contribution in [-0.2, 0) is 4.79 Å². The van der Waals surface area contributed by atoms with E-state index in [0.29, 0.717) is 0 Å². The van der Waals surface area contributed by atoms with E-state index >= 15 is 0 Å². The van der Waals surface area contributed by atoms with E-state index in [0.717, 1.165) is 0 Å². The second-order valence-electron chi connectivity index (χ2n) is 4.18. The van der Waals surface area contributed by atoms with Crippen LogP contribution in [0.4, 0.5) is 0 Å². The third-order valence-electron chi connectivity index (χ3n) is 2.41. The molecule has 0 bridgehead atoms. The highest BCUT2D eigenvalue weighted by molar-refractivity contribution is 5.74. The van der Waals surface area contributed by atoms with Crippen molar-refractivity contribution >= 4 is 5.97 Å². The van der Waals surface area contributed by atoms with Crippen LogP contribution in [0.1, 0.15) is 34.6 Å². The molecule has 0 unspecified atom stereocenters. The third kappa shape index (κ3) is 1.49. The fraction of sp³-hybridized carbons (Fsp3) is 0.875. The predicted octanol–water partition coefficient (Wildman–Crippen LogP) is 2.14. The lowest BCUT2D eigenvalue weighted by Gasteiger charge is -2.34. The van der Waals surface area contributed by atoms with Crippen LogP contribution < -0.4 is 0 Å². The Hall–Kier alpha value is -0.530. The zero-order valence-corrected chi connectivity index (χ0v) is 7.36. The SMILES string of the molecule is CC(C)(C)C(C)(C)C(=O)O. The van der Waals surface area contributed by atoms with E-state index in [-0.39, 0.29) is 5.41 Å². The van der Waals surface area contributed by atoms with E-state index in [1.165, 1.54) is 0 Å². The Morgan fingerprint density at radius 1 is 1.10 bits per heavy atom. The molecule has 0 saturated carbocycles. The Balaban J connectivity index is 4.57. The molecule has 0 radical (unpaired) electrons. The average molecular weight is 144 g/mol. The summed E-state index contributed by atoms with van der Waals surface area (Å²) in [5.41, 5.74) is -0.828. The fourth-order valence-corrected chi connectivity index (χ4v) is 0.321. The second-order valence-corrected chi connectivity index (χ2v) is 4.18. The highest BCUT2D eigenvalue weighted by Gasteiger charge is 2.39. The first kappa shape index (κ1) is 9.47. The number of carboxylic acids is 1. The van der Waals surface area contributed by atoms with E-state index in [9.17, 15) is 4.79 Å². The molecule has 0 aliphatic heterocycles. The van der Waals surface area contributed by atoms with Crippen LogP contribution in [-0.4, -0.2) is 11.1 Å². The van der Waals surface area contributed by atoms with Crippen molar-refractivity contribution in [2.45, 2.75) is 34.6 Å². The minimum absolute atomic E-state index is 0.182. The van der Waals surface area contributed by atoms with E-state index in [2.05, 4.69) is 0 Å². The highest BCUT2D eigenvalue weighted by Crippen LogP contribution is 2.37. The van der Waals surface area contributed by atoms with Gasteiger partial charge in [0.1, 0.15) is 0 Å². The summed E-state index contributed by atoms with van der Waals surface area (Å²) in [5, 5.41) is 8.78. The number of carbonyl (C=O) groups is 1. The maximum absolute atomic E-state index is 10.7. The van der Waals surface area contributed by atoms with Crippen LogP contribution in [0.25, 0.3) is 0 Å². The Bertz CT molecular complexity index is 140. The Morgan fingerprint density at radius 2 is 1.40 bits per heavy atom. The van der Waals surface area contributed by atoms with Gasteiger partial charge in [-0.05, 0) is 19.3 Å². The summed E-state index contributed by atoms with van der Waals surface area (Å²) in [7, 11) is 0. The molecule has 0 amide bonds. The first-order valence-electron chi connectivity index (χ1n) is 3.43. The molecule has 0 aromatic heterocycles. The van der Waals surface area contributed by atoms with Gasteiger partial charge in [0.15, 0.2) is 0 Å². The smallest absolute Gasteiger partial charge is 0.309 e. The molecule has 0 heterocycles. The first-order chi connectivity index (χ1) is 4.19. The molecule has 0 aliphatic carbocycles. The molecule has 1 N–H and O–H groups in total. The van der Waals surface area contributed by atoms with Gasteiger partial charge in [-0.1, -0.05) is 20.8 Å².